The summed E-state index contributed by atoms with van der Waals surface area (Å²) in [6.07, 6.45) is 2.01. The molecule has 2 heteroatoms. The maximum absolute atomic E-state index is 12.7. The van der Waals surface area contributed by atoms with E-state index in [9.17, 15) is 4.79 Å². The third-order valence-corrected chi connectivity index (χ3v) is 4.78. The van der Waals surface area contributed by atoms with Crippen LogP contribution in [0.2, 0.25) is 0 Å². The van der Waals surface area contributed by atoms with Crippen molar-refractivity contribution in [3.8, 4) is 0 Å². The highest BCUT2D eigenvalue weighted by Gasteiger charge is 2.45. The molecule has 0 saturated heterocycles. The molecular weight excluding hydrogens is 258 g/mol. The molecule has 2 atom stereocenters. The average molecular weight is 277 g/mol. The van der Waals surface area contributed by atoms with E-state index in [2.05, 4.69) is 53.4 Å². The van der Waals surface area contributed by atoms with Gasteiger partial charge in [0.25, 0.3) is 0 Å². The second-order valence-electron chi connectivity index (χ2n) is 6.14. The first-order valence-corrected chi connectivity index (χ1v) is 7.73. The number of carbonyl (C=O) groups is 1. The highest BCUT2D eigenvalue weighted by molar-refractivity contribution is 5.83. The molecule has 2 aromatic rings. The van der Waals surface area contributed by atoms with E-state index >= 15 is 0 Å². The second-order valence-corrected chi connectivity index (χ2v) is 6.14. The Morgan fingerprint density at radius 1 is 0.952 bits per heavy atom. The van der Waals surface area contributed by atoms with Crippen LogP contribution in [0.15, 0.2) is 54.6 Å². The van der Waals surface area contributed by atoms with Gasteiger partial charge in [-0.2, -0.15) is 0 Å². The van der Waals surface area contributed by atoms with Crippen LogP contribution in [0.4, 0.5) is 0 Å². The van der Waals surface area contributed by atoms with Crippen LogP contribution in [0.5, 0.6) is 0 Å². The molecule has 1 saturated carbocycles. The normalized spacial score (nSPS) is 23.5. The molecule has 21 heavy (non-hydrogen) atoms. The minimum atomic E-state index is 0.206. The Hall–Kier alpha value is -2.09. The van der Waals surface area contributed by atoms with Crippen LogP contribution in [-0.2, 0) is 17.8 Å². The van der Waals surface area contributed by atoms with Gasteiger partial charge in [-0.05, 0) is 35.4 Å². The summed E-state index contributed by atoms with van der Waals surface area (Å²) in [4.78, 5) is 14.7. The molecule has 1 aliphatic heterocycles. The van der Waals surface area contributed by atoms with Crippen molar-refractivity contribution in [2.45, 2.75) is 25.3 Å². The highest BCUT2D eigenvalue weighted by Crippen LogP contribution is 2.48. The summed E-state index contributed by atoms with van der Waals surface area (Å²) in [5, 5.41) is 0. The predicted molar refractivity (Wildman–Crippen MR) is 82.9 cm³/mol. The van der Waals surface area contributed by atoms with Gasteiger partial charge in [0.15, 0.2) is 0 Å². The molecule has 2 aromatic carbocycles. The van der Waals surface area contributed by atoms with Crippen molar-refractivity contribution in [3.05, 3.63) is 71.3 Å². The molecule has 1 heterocycles. The molecular formula is C19H19NO. The number of fused-ring (bicyclic) bond motifs is 1. The Labute approximate surface area is 125 Å². The van der Waals surface area contributed by atoms with E-state index < -0.39 is 0 Å². The molecule has 0 aromatic heterocycles. The molecule has 1 fully saturated rings. The lowest BCUT2D eigenvalue weighted by atomic mass is 9.99. The quantitative estimate of drug-likeness (QED) is 0.824. The van der Waals surface area contributed by atoms with Crippen LogP contribution in [0, 0.1) is 5.92 Å². The van der Waals surface area contributed by atoms with Gasteiger partial charge in [-0.25, -0.2) is 0 Å². The lowest BCUT2D eigenvalue weighted by molar-refractivity contribution is -0.133. The fourth-order valence-corrected chi connectivity index (χ4v) is 3.45. The summed E-state index contributed by atoms with van der Waals surface area (Å²) in [6.45, 7) is 1.65. The standard InChI is InChI=1S/C19H19NO/c21-19(18-12-17(18)15-7-2-1-3-8-15)20-11-10-14-6-4-5-9-16(14)13-20/h1-9,17-18H,10-13H2. The number of carbonyl (C=O) groups excluding carboxylic acids is 1. The molecule has 2 unspecified atom stereocenters. The van der Waals surface area contributed by atoms with Gasteiger partial charge >= 0.3 is 0 Å². The van der Waals surface area contributed by atoms with E-state index in [1.165, 1.54) is 16.7 Å². The summed E-state index contributed by atoms with van der Waals surface area (Å²) in [6, 6.07) is 18.9. The summed E-state index contributed by atoms with van der Waals surface area (Å²) >= 11 is 0. The molecule has 106 valence electrons. The molecule has 2 nitrogen and oxygen atoms in total. The smallest absolute Gasteiger partial charge is 0.226 e. The number of rotatable bonds is 2. The Morgan fingerprint density at radius 3 is 2.48 bits per heavy atom. The number of nitrogens with zero attached hydrogens (tertiary/aromatic N) is 1. The van der Waals surface area contributed by atoms with E-state index in [0.29, 0.717) is 11.8 Å². The molecule has 1 aliphatic carbocycles. The van der Waals surface area contributed by atoms with Crippen LogP contribution in [0.3, 0.4) is 0 Å². The van der Waals surface area contributed by atoms with Gasteiger partial charge < -0.3 is 4.90 Å². The first-order chi connectivity index (χ1) is 10.3. The molecule has 0 N–H and O–H groups in total. The average Bonchev–Trinajstić information content (AvgIpc) is 3.35. The minimum absolute atomic E-state index is 0.206. The van der Waals surface area contributed by atoms with E-state index in [1.807, 2.05) is 6.07 Å². The molecule has 0 radical (unpaired) electrons. The van der Waals surface area contributed by atoms with Crippen LogP contribution in [0.1, 0.15) is 29.0 Å². The third-order valence-electron chi connectivity index (χ3n) is 4.78. The summed E-state index contributed by atoms with van der Waals surface area (Å²) in [7, 11) is 0. The zero-order chi connectivity index (χ0) is 14.2. The van der Waals surface area contributed by atoms with Crippen molar-refractivity contribution in [2.24, 2.45) is 5.92 Å². The first-order valence-electron chi connectivity index (χ1n) is 7.73. The molecule has 1 amide bonds. The Morgan fingerprint density at radius 2 is 1.67 bits per heavy atom. The Kier molecular flexibility index (Phi) is 3.03. The van der Waals surface area contributed by atoms with Crippen LogP contribution >= 0.6 is 0 Å². The van der Waals surface area contributed by atoms with Gasteiger partial charge in [0.2, 0.25) is 5.91 Å². The Balaban J connectivity index is 1.46. The first kappa shape index (κ1) is 12.6. The topological polar surface area (TPSA) is 20.3 Å². The van der Waals surface area contributed by atoms with Crippen LogP contribution in [0.25, 0.3) is 0 Å². The number of benzene rings is 2. The lowest BCUT2D eigenvalue weighted by Crippen LogP contribution is -2.37. The third kappa shape index (κ3) is 2.35. The van der Waals surface area contributed by atoms with Crippen molar-refractivity contribution < 1.29 is 4.79 Å². The van der Waals surface area contributed by atoms with Crippen molar-refractivity contribution >= 4 is 5.91 Å². The summed E-state index contributed by atoms with van der Waals surface area (Å²) in [5.41, 5.74) is 4.03. The van der Waals surface area contributed by atoms with E-state index in [0.717, 1.165) is 25.9 Å². The van der Waals surface area contributed by atoms with Crippen LogP contribution < -0.4 is 0 Å². The maximum atomic E-state index is 12.7. The molecule has 0 bridgehead atoms. The zero-order valence-corrected chi connectivity index (χ0v) is 12.0. The van der Waals surface area contributed by atoms with Crippen molar-refractivity contribution in [2.75, 3.05) is 6.54 Å². The molecule has 4 rings (SSSR count). The van der Waals surface area contributed by atoms with Gasteiger partial charge in [0, 0.05) is 19.0 Å². The SMILES string of the molecule is O=C(C1CC1c1ccccc1)N1CCc2ccccc2C1. The maximum Gasteiger partial charge on any atom is 0.226 e. The fraction of sp³-hybridized carbons (Fsp3) is 0.316. The number of hydrogen-bond donors (Lipinski definition) is 0. The van der Waals surface area contributed by atoms with Gasteiger partial charge in [0.05, 0.1) is 0 Å². The fourth-order valence-electron chi connectivity index (χ4n) is 3.45. The zero-order valence-electron chi connectivity index (χ0n) is 12.0. The number of amides is 1. The van der Waals surface area contributed by atoms with Gasteiger partial charge in [0.1, 0.15) is 0 Å². The lowest BCUT2D eigenvalue weighted by Gasteiger charge is -2.29. The van der Waals surface area contributed by atoms with Crippen LogP contribution in [-0.4, -0.2) is 17.4 Å². The highest BCUT2D eigenvalue weighted by atomic mass is 16.2. The van der Waals surface area contributed by atoms with E-state index in [1.54, 1.807) is 0 Å². The van der Waals surface area contributed by atoms with E-state index in [4.69, 9.17) is 0 Å². The van der Waals surface area contributed by atoms with Gasteiger partial charge in [-0.1, -0.05) is 54.6 Å². The largest absolute Gasteiger partial charge is 0.338 e. The van der Waals surface area contributed by atoms with Crippen molar-refractivity contribution in [3.63, 3.8) is 0 Å². The monoisotopic (exact) mass is 277 g/mol. The molecule has 2 aliphatic rings. The van der Waals surface area contributed by atoms with Gasteiger partial charge in [-0.3, -0.25) is 4.79 Å². The van der Waals surface area contributed by atoms with Crippen molar-refractivity contribution in [1.82, 2.24) is 4.90 Å². The predicted octanol–water partition coefficient (Wildman–Crippen LogP) is 3.38. The molecule has 0 spiro atoms. The summed E-state index contributed by atoms with van der Waals surface area (Å²) in [5.74, 6) is 0.992. The summed E-state index contributed by atoms with van der Waals surface area (Å²) < 4.78 is 0. The van der Waals surface area contributed by atoms with Gasteiger partial charge in [-0.15, -0.1) is 0 Å². The van der Waals surface area contributed by atoms with Crippen molar-refractivity contribution in [1.29, 1.82) is 0 Å². The Bertz CT molecular complexity index is 664. The number of hydrogen-bond acceptors (Lipinski definition) is 1. The second kappa shape index (κ2) is 5.03. The minimum Gasteiger partial charge on any atom is -0.338 e. The van der Waals surface area contributed by atoms with E-state index in [-0.39, 0.29) is 5.92 Å².